The van der Waals surface area contributed by atoms with E-state index in [0.717, 1.165) is 58.0 Å². The number of likely N-dealkylation sites (tertiary alicyclic amines) is 1. The fourth-order valence-corrected chi connectivity index (χ4v) is 3.38. The molecule has 136 valence electrons. The lowest BCUT2D eigenvalue weighted by Crippen LogP contribution is -2.47. The molecule has 5 heteroatoms. The Morgan fingerprint density at radius 3 is 2.30 bits per heavy atom. The van der Waals surface area contributed by atoms with Gasteiger partial charge >= 0.3 is 0 Å². The molecule has 1 heterocycles. The predicted molar refractivity (Wildman–Crippen MR) is 99.2 cm³/mol. The van der Waals surface area contributed by atoms with Gasteiger partial charge in [0.2, 0.25) is 0 Å². The summed E-state index contributed by atoms with van der Waals surface area (Å²) < 4.78 is 5.72. The second-order valence-electron chi connectivity index (χ2n) is 6.89. The lowest BCUT2D eigenvalue weighted by atomic mass is 10.1. The van der Waals surface area contributed by atoms with Crippen LogP contribution in [0.4, 0.5) is 0 Å². The van der Waals surface area contributed by atoms with Crippen molar-refractivity contribution in [2.24, 2.45) is 4.99 Å². The number of nitrogens with zero attached hydrogens (tertiary/aromatic N) is 3. The normalized spacial score (nSPS) is 17.6. The van der Waals surface area contributed by atoms with Gasteiger partial charge in [-0.25, -0.2) is 0 Å². The molecule has 1 aliphatic heterocycles. The van der Waals surface area contributed by atoms with Crippen LogP contribution in [0.1, 0.15) is 53.9 Å². The Labute approximate surface area is 143 Å². The Bertz CT molecular complexity index is 328. The van der Waals surface area contributed by atoms with Crippen LogP contribution in [0.25, 0.3) is 0 Å². The van der Waals surface area contributed by atoms with Crippen LogP contribution in [0.3, 0.4) is 0 Å². The van der Waals surface area contributed by atoms with Gasteiger partial charge in [-0.05, 0) is 53.9 Å². The zero-order chi connectivity index (χ0) is 17.2. The van der Waals surface area contributed by atoms with Crippen molar-refractivity contribution >= 4 is 5.96 Å². The van der Waals surface area contributed by atoms with Gasteiger partial charge in [-0.3, -0.25) is 9.89 Å². The molecule has 1 aliphatic rings. The third-order valence-electron chi connectivity index (χ3n) is 4.56. The van der Waals surface area contributed by atoms with E-state index in [1.54, 1.807) is 0 Å². The lowest BCUT2D eigenvalue weighted by molar-refractivity contribution is 0.0264. The Balaban J connectivity index is 2.30. The fraction of sp³-hybridized carbons (Fsp3) is 0.944. The molecule has 0 bridgehead atoms. The Kier molecular flexibility index (Phi) is 9.56. The molecule has 23 heavy (non-hydrogen) atoms. The number of aliphatic imine (C=N–C) groups is 1. The average molecular weight is 327 g/mol. The second-order valence-corrected chi connectivity index (χ2v) is 6.89. The van der Waals surface area contributed by atoms with Crippen LogP contribution in [-0.2, 0) is 4.74 Å². The number of hydrogen-bond acceptors (Lipinski definition) is 3. The van der Waals surface area contributed by atoms with Crippen LogP contribution in [0.5, 0.6) is 0 Å². The summed E-state index contributed by atoms with van der Waals surface area (Å²) in [4.78, 5) is 9.35. The van der Waals surface area contributed by atoms with E-state index >= 15 is 0 Å². The maximum Gasteiger partial charge on any atom is 0.193 e. The van der Waals surface area contributed by atoms with Crippen LogP contribution < -0.4 is 5.32 Å². The first-order valence-corrected chi connectivity index (χ1v) is 9.32. The third kappa shape index (κ3) is 7.08. The molecule has 0 aromatic heterocycles. The van der Waals surface area contributed by atoms with E-state index in [9.17, 15) is 0 Å². The molecular formula is C18H38N4O. The van der Waals surface area contributed by atoms with Crippen molar-refractivity contribution in [3.05, 3.63) is 0 Å². The molecule has 1 N–H and O–H groups in total. The minimum Gasteiger partial charge on any atom is -0.378 e. The number of hydrogen-bond donors (Lipinski definition) is 1. The molecule has 1 fully saturated rings. The van der Waals surface area contributed by atoms with Gasteiger partial charge in [-0.1, -0.05) is 0 Å². The quantitative estimate of drug-likeness (QED) is 0.423. The molecule has 1 rings (SSSR count). The van der Waals surface area contributed by atoms with E-state index in [4.69, 9.17) is 4.74 Å². The highest BCUT2D eigenvalue weighted by Crippen LogP contribution is 2.13. The maximum absolute atomic E-state index is 5.72. The monoisotopic (exact) mass is 326 g/mol. The van der Waals surface area contributed by atoms with Gasteiger partial charge in [-0.2, -0.15) is 0 Å². The van der Waals surface area contributed by atoms with Gasteiger partial charge < -0.3 is 15.0 Å². The summed E-state index contributed by atoms with van der Waals surface area (Å²) >= 11 is 0. The van der Waals surface area contributed by atoms with Crippen molar-refractivity contribution in [2.45, 2.75) is 72.1 Å². The van der Waals surface area contributed by atoms with Crippen molar-refractivity contribution < 1.29 is 4.74 Å². The Morgan fingerprint density at radius 1 is 1.22 bits per heavy atom. The minimum atomic E-state index is 0.431. The SMILES string of the molecule is CCOC1CCN(C(=NC)NCCCN(C(C)C)C(C)C)CC1. The predicted octanol–water partition coefficient (Wildman–Crippen LogP) is 2.57. The summed E-state index contributed by atoms with van der Waals surface area (Å²) in [5.74, 6) is 1.04. The second kappa shape index (κ2) is 10.9. The van der Waals surface area contributed by atoms with Crippen molar-refractivity contribution in [3.63, 3.8) is 0 Å². The van der Waals surface area contributed by atoms with Crippen molar-refractivity contribution in [1.82, 2.24) is 15.1 Å². The number of piperidine rings is 1. The molecule has 0 unspecified atom stereocenters. The van der Waals surface area contributed by atoms with Crippen LogP contribution in [0.2, 0.25) is 0 Å². The van der Waals surface area contributed by atoms with Gasteiger partial charge in [0.05, 0.1) is 6.10 Å². The number of rotatable bonds is 8. The maximum atomic E-state index is 5.72. The minimum absolute atomic E-state index is 0.431. The first-order chi connectivity index (χ1) is 11.0. The molecule has 0 aromatic rings. The molecule has 0 amide bonds. The summed E-state index contributed by atoms with van der Waals surface area (Å²) in [6, 6.07) is 1.21. The zero-order valence-corrected chi connectivity index (χ0v) is 16.1. The molecule has 1 saturated heterocycles. The van der Waals surface area contributed by atoms with E-state index in [2.05, 4.69) is 54.7 Å². The molecule has 0 saturated carbocycles. The van der Waals surface area contributed by atoms with E-state index in [0.29, 0.717) is 18.2 Å². The van der Waals surface area contributed by atoms with Crippen molar-refractivity contribution in [3.8, 4) is 0 Å². The van der Waals surface area contributed by atoms with E-state index in [1.807, 2.05) is 7.05 Å². The first-order valence-electron chi connectivity index (χ1n) is 9.32. The van der Waals surface area contributed by atoms with Gasteiger partial charge in [0, 0.05) is 51.9 Å². The van der Waals surface area contributed by atoms with Crippen LogP contribution in [-0.4, -0.2) is 73.8 Å². The third-order valence-corrected chi connectivity index (χ3v) is 4.56. The van der Waals surface area contributed by atoms with Crippen molar-refractivity contribution in [2.75, 3.05) is 39.8 Å². The zero-order valence-electron chi connectivity index (χ0n) is 16.1. The highest BCUT2D eigenvalue weighted by molar-refractivity contribution is 5.79. The molecule has 0 aliphatic carbocycles. The van der Waals surface area contributed by atoms with E-state index in [1.165, 1.54) is 0 Å². The average Bonchev–Trinajstić information content (AvgIpc) is 2.51. The molecule has 0 atom stereocenters. The molecular weight excluding hydrogens is 288 g/mol. The number of nitrogens with one attached hydrogen (secondary N) is 1. The van der Waals surface area contributed by atoms with E-state index < -0.39 is 0 Å². The summed E-state index contributed by atoms with van der Waals surface area (Å²) in [6.07, 6.45) is 3.77. The van der Waals surface area contributed by atoms with Crippen LogP contribution >= 0.6 is 0 Å². The number of guanidine groups is 1. The van der Waals surface area contributed by atoms with Gasteiger partial charge in [0.1, 0.15) is 0 Å². The summed E-state index contributed by atoms with van der Waals surface area (Å²) in [6.45, 7) is 16.2. The van der Waals surface area contributed by atoms with Crippen LogP contribution in [0, 0.1) is 0 Å². The summed E-state index contributed by atoms with van der Waals surface area (Å²) in [7, 11) is 1.88. The summed E-state index contributed by atoms with van der Waals surface area (Å²) in [5.41, 5.74) is 0. The van der Waals surface area contributed by atoms with Gasteiger partial charge in [0.15, 0.2) is 5.96 Å². The highest BCUT2D eigenvalue weighted by Gasteiger charge is 2.21. The highest BCUT2D eigenvalue weighted by atomic mass is 16.5. The van der Waals surface area contributed by atoms with Crippen molar-refractivity contribution in [1.29, 1.82) is 0 Å². The molecule has 0 aromatic carbocycles. The lowest BCUT2D eigenvalue weighted by Gasteiger charge is -2.34. The van der Waals surface area contributed by atoms with E-state index in [-0.39, 0.29) is 0 Å². The largest absolute Gasteiger partial charge is 0.378 e. The van der Waals surface area contributed by atoms with Gasteiger partial charge in [-0.15, -0.1) is 0 Å². The first kappa shape index (κ1) is 20.2. The van der Waals surface area contributed by atoms with Gasteiger partial charge in [0.25, 0.3) is 0 Å². The standard InChI is InChI=1S/C18H38N4O/c1-7-23-17-9-13-21(14-10-17)18(19-6)20-11-8-12-22(15(2)3)16(4)5/h15-17H,7-14H2,1-6H3,(H,19,20). The fourth-order valence-electron chi connectivity index (χ4n) is 3.38. The molecule has 0 radical (unpaired) electrons. The number of ether oxygens (including phenoxy) is 1. The molecule has 0 spiro atoms. The topological polar surface area (TPSA) is 40.1 Å². The smallest absolute Gasteiger partial charge is 0.193 e. The Morgan fingerprint density at radius 2 is 1.83 bits per heavy atom. The molecule has 5 nitrogen and oxygen atoms in total. The Hall–Kier alpha value is -0.810. The van der Waals surface area contributed by atoms with Crippen LogP contribution in [0.15, 0.2) is 4.99 Å². The summed E-state index contributed by atoms with van der Waals surface area (Å²) in [5, 5.41) is 3.53.